The molecule has 2 atom stereocenters. The van der Waals surface area contributed by atoms with Gasteiger partial charge >= 0.3 is 12.0 Å². The number of piperidine rings is 1. The number of benzene rings is 1. The molecule has 2 rings (SSSR count). The van der Waals surface area contributed by atoms with Gasteiger partial charge in [0.2, 0.25) is 5.91 Å². The van der Waals surface area contributed by atoms with Crippen LogP contribution < -0.4 is 15.4 Å². The lowest BCUT2D eigenvalue weighted by molar-refractivity contribution is -0.143. The Morgan fingerprint density at radius 2 is 1.96 bits per heavy atom. The zero-order valence-electron chi connectivity index (χ0n) is 14.5. The summed E-state index contributed by atoms with van der Waals surface area (Å²) in [6.45, 7) is 3.97. The highest BCUT2D eigenvalue weighted by atomic mass is 16.5. The molecule has 0 aromatic heterocycles. The summed E-state index contributed by atoms with van der Waals surface area (Å²) in [4.78, 5) is 36.5. The van der Waals surface area contributed by atoms with Gasteiger partial charge in [0.25, 0.3) is 0 Å². The molecule has 1 fully saturated rings. The highest BCUT2D eigenvalue weighted by Crippen LogP contribution is 2.29. The summed E-state index contributed by atoms with van der Waals surface area (Å²) in [6, 6.07) is 4.51. The molecule has 0 saturated carbocycles. The first-order valence-electron chi connectivity index (χ1n) is 8.04. The normalized spacial score (nSPS) is 19.9. The van der Waals surface area contributed by atoms with E-state index in [0.29, 0.717) is 30.1 Å². The highest BCUT2D eigenvalue weighted by Gasteiger charge is 2.32. The molecule has 1 heterocycles. The van der Waals surface area contributed by atoms with Crippen LogP contribution in [0.2, 0.25) is 0 Å². The molecule has 25 heavy (non-hydrogen) atoms. The van der Waals surface area contributed by atoms with Crippen molar-refractivity contribution in [2.24, 2.45) is 11.8 Å². The lowest BCUT2D eigenvalue weighted by Crippen LogP contribution is -2.47. The Balaban J connectivity index is 2.15. The molecule has 1 aliphatic rings. The van der Waals surface area contributed by atoms with E-state index in [1.807, 2.05) is 6.92 Å². The van der Waals surface area contributed by atoms with Crippen LogP contribution in [0.5, 0.6) is 5.75 Å². The molecule has 3 N–H and O–H groups in total. The first-order chi connectivity index (χ1) is 11.8. The van der Waals surface area contributed by atoms with Crippen molar-refractivity contribution in [3.63, 3.8) is 0 Å². The van der Waals surface area contributed by atoms with E-state index < -0.39 is 17.9 Å². The maximum absolute atomic E-state index is 12.6. The molecule has 1 saturated heterocycles. The van der Waals surface area contributed by atoms with Crippen molar-refractivity contribution in [3.05, 3.63) is 18.2 Å². The van der Waals surface area contributed by atoms with Crippen LogP contribution in [-0.2, 0) is 9.59 Å². The lowest BCUT2D eigenvalue weighted by Gasteiger charge is -2.34. The van der Waals surface area contributed by atoms with Crippen LogP contribution >= 0.6 is 0 Å². The highest BCUT2D eigenvalue weighted by molar-refractivity contribution is 5.94. The molecule has 0 spiro atoms. The summed E-state index contributed by atoms with van der Waals surface area (Å²) in [6.07, 6.45) is 0.556. The molecule has 8 nitrogen and oxygen atoms in total. The van der Waals surface area contributed by atoms with Gasteiger partial charge in [0.1, 0.15) is 5.75 Å². The number of methoxy groups -OCH3 is 1. The standard InChI is InChI=1S/C17H23N3O5/c1-10-6-12(16(22)23)9-20(8-10)17(24)19-14-7-13(18-11(2)21)4-5-15(14)25-3/h4-5,7,10,12H,6,8-9H2,1-3H3,(H,18,21)(H,19,24)(H,22,23). The average Bonchev–Trinajstić information content (AvgIpc) is 2.54. The molecular weight excluding hydrogens is 326 g/mol. The van der Waals surface area contributed by atoms with Crippen LogP contribution in [0, 0.1) is 11.8 Å². The van der Waals surface area contributed by atoms with Gasteiger partial charge in [-0.15, -0.1) is 0 Å². The van der Waals surface area contributed by atoms with E-state index in [-0.39, 0.29) is 18.4 Å². The fourth-order valence-electron chi connectivity index (χ4n) is 2.98. The number of carbonyl (C=O) groups is 3. The van der Waals surface area contributed by atoms with Crippen molar-refractivity contribution in [2.75, 3.05) is 30.8 Å². The van der Waals surface area contributed by atoms with Gasteiger partial charge in [0.05, 0.1) is 18.7 Å². The van der Waals surface area contributed by atoms with E-state index in [4.69, 9.17) is 4.74 Å². The summed E-state index contributed by atoms with van der Waals surface area (Å²) in [5, 5.41) is 14.6. The molecule has 2 unspecified atom stereocenters. The maximum atomic E-state index is 12.6. The van der Waals surface area contributed by atoms with E-state index in [2.05, 4.69) is 10.6 Å². The second-order valence-corrected chi connectivity index (χ2v) is 6.31. The molecule has 8 heteroatoms. The summed E-state index contributed by atoms with van der Waals surface area (Å²) in [5.74, 6) is -1.14. The van der Waals surface area contributed by atoms with Gasteiger partial charge in [-0.05, 0) is 30.5 Å². The minimum Gasteiger partial charge on any atom is -0.495 e. The van der Waals surface area contributed by atoms with Gasteiger partial charge in [-0.2, -0.15) is 0 Å². The Bertz CT molecular complexity index is 676. The topological polar surface area (TPSA) is 108 Å². The van der Waals surface area contributed by atoms with Crippen molar-refractivity contribution in [3.8, 4) is 5.75 Å². The largest absolute Gasteiger partial charge is 0.495 e. The number of hydrogen-bond acceptors (Lipinski definition) is 4. The summed E-state index contributed by atoms with van der Waals surface area (Å²) in [7, 11) is 1.48. The first-order valence-corrected chi connectivity index (χ1v) is 8.04. The number of amides is 3. The van der Waals surface area contributed by atoms with Crippen molar-refractivity contribution < 1.29 is 24.2 Å². The molecule has 0 bridgehead atoms. The Morgan fingerprint density at radius 1 is 1.24 bits per heavy atom. The number of likely N-dealkylation sites (tertiary alicyclic amines) is 1. The predicted molar refractivity (Wildman–Crippen MR) is 92.8 cm³/mol. The van der Waals surface area contributed by atoms with Crippen LogP contribution in [0.3, 0.4) is 0 Å². The summed E-state index contributed by atoms with van der Waals surface area (Å²) >= 11 is 0. The van der Waals surface area contributed by atoms with E-state index in [1.54, 1.807) is 18.2 Å². The molecular formula is C17H23N3O5. The van der Waals surface area contributed by atoms with Crippen LogP contribution in [-0.4, -0.2) is 48.1 Å². The quantitative estimate of drug-likeness (QED) is 0.772. The molecule has 0 aliphatic carbocycles. The van der Waals surface area contributed by atoms with E-state index in [0.717, 1.165) is 0 Å². The minimum atomic E-state index is -0.894. The smallest absolute Gasteiger partial charge is 0.321 e. The molecule has 1 aromatic rings. The number of hydrogen-bond donors (Lipinski definition) is 3. The van der Waals surface area contributed by atoms with Gasteiger partial charge < -0.3 is 25.4 Å². The van der Waals surface area contributed by atoms with Gasteiger partial charge in [-0.1, -0.05) is 6.92 Å². The van der Waals surface area contributed by atoms with Crippen LogP contribution in [0.25, 0.3) is 0 Å². The third-order valence-electron chi connectivity index (χ3n) is 4.06. The number of carbonyl (C=O) groups excluding carboxylic acids is 2. The molecule has 1 aromatic carbocycles. The third-order valence-corrected chi connectivity index (χ3v) is 4.06. The van der Waals surface area contributed by atoms with E-state index in [9.17, 15) is 19.5 Å². The number of rotatable bonds is 4. The van der Waals surface area contributed by atoms with Crippen molar-refractivity contribution in [1.29, 1.82) is 0 Å². The number of aliphatic carboxylic acids is 1. The number of nitrogens with one attached hydrogen (secondary N) is 2. The Labute approximate surface area is 146 Å². The average molecular weight is 349 g/mol. The predicted octanol–water partition coefficient (Wildman–Crippen LogP) is 2.23. The SMILES string of the molecule is COc1ccc(NC(C)=O)cc1NC(=O)N1CC(C)CC(C(=O)O)C1. The Kier molecular flexibility index (Phi) is 5.84. The van der Waals surface area contributed by atoms with Crippen molar-refractivity contribution in [1.82, 2.24) is 4.90 Å². The molecule has 3 amide bonds. The zero-order chi connectivity index (χ0) is 18.6. The van der Waals surface area contributed by atoms with Crippen LogP contribution in [0.15, 0.2) is 18.2 Å². The van der Waals surface area contributed by atoms with E-state index in [1.165, 1.54) is 18.9 Å². The fourth-order valence-corrected chi connectivity index (χ4v) is 2.98. The Morgan fingerprint density at radius 3 is 2.56 bits per heavy atom. The second-order valence-electron chi connectivity index (χ2n) is 6.31. The maximum Gasteiger partial charge on any atom is 0.321 e. The first kappa shape index (κ1) is 18.6. The fraction of sp³-hybridized carbons (Fsp3) is 0.471. The summed E-state index contributed by atoms with van der Waals surface area (Å²) < 4.78 is 5.23. The number of anilines is 2. The Hall–Kier alpha value is -2.77. The molecule has 136 valence electrons. The number of ether oxygens (including phenoxy) is 1. The number of urea groups is 1. The van der Waals surface area contributed by atoms with E-state index >= 15 is 0 Å². The van der Waals surface area contributed by atoms with Crippen LogP contribution in [0.4, 0.5) is 16.2 Å². The lowest BCUT2D eigenvalue weighted by atomic mass is 9.91. The zero-order valence-corrected chi connectivity index (χ0v) is 14.5. The number of carboxylic acids is 1. The van der Waals surface area contributed by atoms with Gasteiger partial charge in [0, 0.05) is 25.7 Å². The van der Waals surface area contributed by atoms with Gasteiger partial charge in [-0.3, -0.25) is 9.59 Å². The second kappa shape index (κ2) is 7.87. The summed E-state index contributed by atoms with van der Waals surface area (Å²) in [5.41, 5.74) is 0.933. The molecule has 1 aliphatic heterocycles. The van der Waals surface area contributed by atoms with Gasteiger partial charge in [-0.25, -0.2) is 4.79 Å². The van der Waals surface area contributed by atoms with Crippen molar-refractivity contribution in [2.45, 2.75) is 20.3 Å². The number of carboxylic acid groups (broad SMARTS) is 1. The monoisotopic (exact) mass is 349 g/mol. The van der Waals surface area contributed by atoms with Crippen LogP contribution in [0.1, 0.15) is 20.3 Å². The number of nitrogens with zero attached hydrogens (tertiary/aromatic N) is 1. The van der Waals surface area contributed by atoms with Crippen molar-refractivity contribution >= 4 is 29.3 Å². The van der Waals surface area contributed by atoms with Gasteiger partial charge in [0.15, 0.2) is 0 Å². The third kappa shape index (κ3) is 4.85. The minimum absolute atomic E-state index is 0.105. The molecule has 0 radical (unpaired) electrons.